The number of nitrogens with zero attached hydrogens (tertiary/aromatic N) is 2. The number of hydrogen-bond donors (Lipinski definition) is 4. The molecule has 1 fully saturated rings. The average Bonchev–Trinajstić information content (AvgIpc) is 3.08. The number of aliphatic hydroxyl groups excluding tert-OH is 2. The molecule has 2 aromatic rings. The molecule has 5 N–H and O–H groups in total. The van der Waals surface area contributed by atoms with E-state index in [1.165, 1.54) is 26.1 Å². The number of rotatable bonds is 10. The van der Waals surface area contributed by atoms with E-state index in [1.807, 2.05) is 0 Å². The number of aromatic nitrogens is 2. The number of aliphatic hydroxyl groups is 2. The Kier molecular flexibility index (Phi) is 8.88. The molecule has 0 saturated carbocycles. The molecule has 0 bridgehead atoms. The SMILES string of the molecule is CC(C)OC(=O)C(C)NP(=O)(Oc1ccccc1)OC(C)C1OC(n2ccc(N)nc2=O)C(O)C1O. The van der Waals surface area contributed by atoms with Gasteiger partial charge in [0.25, 0.3) is 0 Å². The number of hydrogen-bond acceptors (Lipinski definition) is 11. The first-order valence-corrected chi connectivity index (χ1v) is 12.8. The van der Waals surface area contributed by atoms with Gasteiger partial charge in [-0.15, -0.1) is 0 Å². The fourth-order valence-electron chi connectivity index (χ4n) is 3.52. The third-order valence-electron chi connectivity index (χ3n) is 5.19. The standard InChI is InChI=1S/C22H31N4O9P/c1-12(2)32-21(29)13(3)25-36(31,35-15-8-6-5-7-9-15)34-14(4)19-17(27)18(28)20(33-19)26-11-10-16(23)24-22(26)30/h5-14,17-20,27-28H,1-4H3,(H,25,31)(H2,23,24,30). The van der Waals surface area contributed by atoms with Gasteiger partial charge in [0.15, 0.2) is 6.23 Å². The van der Waals surface area contributed by atoms with Crippen LogP contribution in [0.3, 0.4) is 0 Å². The zero-order valence-corrected chi connectivity index (χ0v) is 21.1. The van der Waals surface area contributed by atoms with E-state index in [0.29, 0.717) is 0 Å². The molecule has 1 saturated heterocycles. The molecule has 1 aliphatic rings. The maximum atomic E-state index is 13.7. The normalized spacial score (nSPS) is 25.2. The van der Waals surface area contributed by atoms with Crippen molar-refractivity contribution in [1.29, 1.82) is 0 Å². The third kappa shape index (κ3) is 6.69. The van der Waals surface area contributed by atoms with Gasteiger partial charge >= 0.3 is 19.4 Å². The summed E-state index contributed by atoms with van der Waals surface area (Å²) in [6.07, 6.45) is -5.88. The molecule has 1 aliphatic heterocycles. The Balaban J connectivity index is 1.81. The van der Waals surface area contributed by atoms with Crippen LogP contribution >= 0.6 is 7.75 Å². The number of para-hydroxylation sites is 1. The van der Waals surface area contributed by atoms with Crippen LogP contribution in [0.1, 0.15) is 33.9 Å². The van der Waals surface area contributed by atoms with Gasteiger partial charge in [-0.25, -0.2) is 9.36 Å². The van der Waals surface area contributed by atoms with Crippen LogP contribution in [0.15, 0.2) is 47.4 Å². The minimum atomic E-state index is -4.28. The van der Waals surface area contributed by atoms with Gasteiger partial charge in [-0.05, 0) is 45.9 Å². The van der Waals surface area contributed by atoms with Crippen molar-refractivity contribution in [1.82, 2.24) is 14.6 Å². The summed E-state index contributed by atoms with van der Waals surface area (Å²) < 4.78 is 36.9. The number of nitrogens with two attached hydrogens (primary N) is 1. The number of carbonyl (C=O) groups excluding carboxylic acids is 1. The first-order valence-electron chi connectivity index (χ1n) is 11.3. The molecule has 7 atom stereocenters. The predicted molar refractivity (Wildman–Crippen MR) is 128 cm³/mol. The van der Waals surface area contributed by atoms with Crippen LogP contribution < -0.4 is 21.0 Å². The number of nitrogen functional groups attached to an aromatic ring is 1. The summed E-state index contributed by atoms with van der Waals surface area (Å²) in [5, 5.41) is 23.7. The summed E-state index contributed by atoms with van der Waals surface area (Å²) in [5.41, 5.74) is 4.71. The van der Waals surface area contributed by atoms with E-state index >= 15 is 0 Å². The van der Waals surface area contributed by atoms with Gasteiger partial charge in [-0.3, -0.25) is 13.9 Å². The minimum Gasteiger partial charge on any atom is -0.462 e. The van der Waals surface area contributed by atoms with Gasteiger partial charge in [0.05, 0.1) is 12.2 Å². The van der Waals surface area contributed by atoms with Crippen molar-refractivity contribution < 1.29 is 38.1 Å². The number of carbonyl (C=O) groups is 1. The van der Waals surface area contributed by atoms with Crippen molar-refractivity contribution in [2.45, 2.75) is 70.5 Å². The zero-order valence-electron chi connectivity index (χ0n) is 20.3. The maximum Gasteiger partial charge on any atom is 0.459 e. The highest BCUT2D eigenvalue weighted by Crippen LogP contribution is 2.47. The van der Waals surface area contributed by atoms with Crippen LogP contribution in [0.2, 0.25) is 0 Å². The Morgan fingerprint density at radius 2 is 1.83 bits per heavy atom. The smallest absolute Gasteiger partial charge is 0.459 e. The predicted octanol–water partition coefficient (Wildman–Crippen LogP) is 0.967. The van der Waals surface area contributed by atoms with Crippen molar-refractivity contribution in [3.05, 3.63) is 53.1 Å². The molecular formula is C22H31N4O9P. The Bertz CT molecular complexity index is 1150. The van der Waals surface area contributed by atoms with Crippen molar-refractivity contribution in [2.24, 2.45) is 0 Å². The second-order valence-electron chi connectivity index (χ2n) is 8.56. The van der Waals surface area contributed by atoms with Crippen LogP contribution in [0.25, 0.3) is 0 Å². The van der Waals surface area contributed by atoms with Gasteiger partial charge in [-0.1, -0.05) is 18.2 Å². The molecule has 0 radical (unpaired) electrons. The number of nitrogens with one attached hydrogen (secondary N) is 1. The van der Waals surface area contributed by atoms with Crippen molar-refractivity contribution in [3.63, 3.8) is 0 Å². The van der Waals surface area contributed by atoms with Crippen molar-refractivity contribution >= 4 is 19.5 Å². The number of ether oxygens (including phenoxy) is 2. The summed E-state index contributed by atoms with van der Waals surface area (Å²) in [7, 11) is -4.28. The van der Waals surface area contributed by atoms with E-state index in [2.05, 4.69) is 10.1 Å². The summed E-state index contributed by atoms with van der Waals surface area (Å²) in [6.45, 7) is 6.21. The molecule has 0 amide bonds. The van der Waals surface area contributed by atoms with Crippen LogP contribution in [-0.4, -0.2) is 62.3 Å². The molecule has 2 heterocycles. The van der Waals surface area contributed by atoms with Gasteiger partial charge in [0, 0.05) is 6.20 Å². The minimum absolute atomic E-state index is 0.0206. The number of benzene rings is 1. The Morgan fingerprint density at radius 3 is 2.44 bits per heavy atom. The summed E-state index contributed by atoms with van der Waals surface area (Å²) in [5.74, 6) is -0.510. The third-order valence-corrected chi connectivity index (χ3v) is 6.96. The van der Waals surface area contributed by atoms with Crippen molar-refractivity contribution in [2.75, 3.05) is 5.73 Å². The second kappa shape index (κ2) is 11.5. The molecule has 1 aromatic heterocycles. The summed E-state index contributed by atoms with van der Waals surface area (Å²) in [6, 6.07) is 8.38. The van der Waals surface area contributed by atoms with E-state index in [4.69, 9.17) is 24.3 Å². The highest BCUT2D eigenvalue weighted by atomic mass is 31.2. The molecule has 36 heavy (non-hydrogen) atoms. The molecular weight excluding hydrogens is 495 g/mol. The lowest BCUT2D eigenvalue weighted by Crippen LogP contribution is -2.41. The lowest BCUT2D eigenvalue weighted by atomic mass is 10.1. The Hall–Kier alpha value is -2.80. The lowest BCUT2D eigenvalue weighted by Gasteiger charge is -2.28. The highest BCUT2D eigenvalue weighted by molar-refractivity contribution is 7.52. The van der Waals surface area contributed by atoms with E-state index in [0.717, 1.165) is 4.57 Å². The lowest BCUT2D eigenvalue weighted by molar-refractivity contribution is -0.149. The quantitative estimate of drug-likeness (QED) is 0.254. The van der Waals surface area contributed by atoms with Gasteiger partial charge in [-0.2, -0.15) is 10.1 Å². The molecule has 3 rings (SSSR count). The van der Waals surface area contributed by atoms with Gasteiger partial charge in [0.2, 0.25) is 0 Å². The van der Waals surface area contributed by atoms with E-state index in [1.54, 1.807) is 44.2 Å². The van der Waals surface area contributed by atoms with Crippen LogP contribution in [0.4, 0.5) is 5.82 Å². The van der Waals surface area contributed by atoms with Crippen molar-refractivity contribution in [3.8, 4) is 5.75 Å². The van der Waals surface area contributed by atoms with E-state index < -0.39 is 62.2 Å². The van der Waals surface area contributed by atoms with Gasteiger partial charge < -0.3 is 29.9 Å². The molecule has 198 valence electrons. The zero-order chi connectivity index (χ0) is 26.6. The molecule has 7 unspecified atom stereocenters. The van der Waals surface area contributed by atoms with E-state index in [9.17, 15) is 24.4 Å². The fourth-order valence-corrected chi connectivity index (χ4v) is 5.22. The second-order valence-corrected chi connectivity index (χ2v) is 10.2. The molecule has 1 aromatic carbocycles. The summed E-state index contributed by atoms with van der Waals surface area (Å²) >= 11 is 0. The van der Waals surface area contributed by atoms with Crippen LogP contribution in [0, 0.1) is 0 Å². The van der Waals surface area contributed by atoms with Gasteiger partial charge in [0.1, 0.15) is 35.9 Å². The molecule has 13 nitrogen and oxygen atoms in total. The first kappa shape index (κ1) is 27.8. The first-order chi connectivity index (χ1) is 16.9. The number of anilines is 1. The van der Waals surface area contributed by atoms with Crippen LogP contribution in [-0.2, 0) is 23.4 Å². The molecule has 0 aliphatic carbocycles. The maximum absolute atomic E-state index is 13.7. The fraction of sp³-hybridized carbons (Fsp3) is 0.500. The largest absolute Gasteiger partial charge is 0.462 e. The highest BCUT2D eigenvalue weighted by Gasteiger charge is 2.49. The molecule has 0 spiro atoms. The average molecular weight is 526 g/mol. The van der Waals surface area contributed by atoms with E-state index in [-0.39, 0.29) is 11.6 Å². The monoisotopic (exact) mass is 526 g/mol. The Labute approximate surface area is 207 Å². The topological polar surface area (TPSA) is 184 Å². The number of esters is 1. The summed E-state index contributed by atoms with van der Waals surface area (Å²) in [4.78, 5) is 28.1. The molecule has 14 heteroatoms. The van der Waals surface area contributed by atoms with Crippen LogP contribution in [0.5, 0.6) is 5.75 Å². The Morgan fingerprint density at radius 1 is 1.17 bits per heavy atom.